The summed E-state index contributed by atoms with van der Waals surface area (Å²) in [4.78, 5) is 23.0. The van der Waals surface area contributed by atoms with Crippen LogP contribution >= 0.6 is 11.6 Å². The largest absolute Gasteiger partial charge is 0.496 e. The van der Waals surface area contributed by atoms with Crippen molar-refractivity contribution in [2.75, 3.05) is 7.11 Å². The second-order valence-corrected chi connectivity index (χ2v) is 5.68. The lowest BCUT2D eigenvalue weighted by Crippen LogP contribution is -2.39. The molecule has 0 aromatic heterocycles. The van der Waals surface area contributed by atoms with Crippen molar-refractivity contribution in [3.63, 3.8) is 0 Å². The van der Waals surface area contributed by atoms with Crippen LogP contribution in [-0.2, 0) is 16.0 Å². The number of carboxylic acid groups (broad SMARTS) is 1. The Kier molecular flexibility index (Phi) is 5.07. The fourth-order valence-corrected chi connectivity index (χ4v) is 2.53. The Balaban J connectivity index is 2.00. The fraction of sp³-hybridized carbons (Fsp3) is 0.467. The van der Waals surface area contributed by atoms with Gasteiger partial charge in [-0.25, -0.2) is 0 Å². The number of benzene rings is 1. The maximum absolute atomic E-state index is 12.1. The first-order valence-corrected chi connectivity index (χ1v) is 7.21. The highest BCUT2D eigenvalue weighted by Gasteiger charge is 2.33. The summed E-state index contributed by atoms with van der Waals surface area (Å²) in [5.41, 5.74) is 0.687. The van der Waals surface area contributed by atoms with E-state index in [-0.39, 0.29) is 30.7 Å². The van der Waals surface area contributed by atoms with Crippen LogP contribution in [0.5, 0.6) is 5.75 Å². The van der Waals surface area contributed by atoms with Gasteiger partial charge in [0.05, 0.1) is 20.0 Å². The van der Waals surface area contributed by atoms with Crippen LogP contribution in [0.15, 0.2) is 18.2 Å². The summed E-state index contributed by atoms with van der Waals surface area (Å²) in [5.74, 6) is -0.233. The van der Waals surface area contributed by atoms with Crippen molar-refractivity contribution in [3.8, 4) is 5.75 Å². The van der Waals surface area contributed by atoms with Crippen molar-refractivity contribution < 1.29 is 19.4 Å². The summed E-state index contributed by atoms with van der Waals surface area (Å²) in [5, 5.41) is 12.2. The van der Waals surface area contributed by atoms with Gasteiger partial charge in [-0.2, -0.15) is 0 Å². The van der Waals surface area contributed by atoms with Crippen LogP contribution in [0.1, 0.15) is 24.8 Å². The topological polar surface area (TPSA) is 75.6 Å². The molecule has 114 valence electrons. The molecule has 1 atom stereocenters. The maximum atomic E-state index is 12.1. The van der Waals surface area contributed by atoms with Gasteiger partial charge in [0, 0.05) is 16.6 Å². The molecule has 1 saturated carbocycles. The second kappa shape index (κ2) is 6.80. The van der Waals surface area contributed by atoms with Gasteiger partial charge in [-0.3, -0.25) is 9.59 Å². The minimum absolute atomic E-state index is 0.0386. The number of ether oxygens (including phenoxy) is 1. The minimum atomic E-state index is -0.896. The van der Waals surface area contributed by atoms with Crippen LogP contribution in [-0.4, -0.2) is 30.1 Å². The Morgan fingerprint density at radius 3 is 2.76 bits per heavy atom. The summed E-state index contributed by atoms with van der Waals surface area (Å²) in [6.07, 6.45) is 2.02. The van der Waals surface area contributed by atoms with Crippen molar-refractivity contribution >= 4 is 23.5 Å². The Morgan fingerprint density at radius 2 is 2.19 bits per heavy atom. The molecule has 6 heteroatoms. The Labute approximate surface area is 128 Å². The molecule has 1 unspecified atom stereocenters. The van der Waals surface area contributed by atoms with Gasteiger partial charge in [-0.1, -0.05) is 11.6 Å². The fourth-order valence-electron chi connectivity index (χ4n) is 2.34. The van der Waals surface area contributed by atoms with Gasteiger partial charge < -0.3 is 15.2 Å². The summed E-state index contributed by atoms with van der Waals surface area (Å²) < 4.78 is 5.20. The number of carbonyl (C=O) groups excluding carboxylic acids is 1. The molecule has 0 spiro atoms. The number of hydrogen-bond donors (Lipinski definition) is 2. The van der Waals surface area contributed by atoms with E-state index in [1.807, 2.05) is 0 Å². The molecule has 1 aliphatic carbocycles. The standard InChI is InChI=1S/C15H18ClNO4/c1-21-13-5-4-11(16)6-10(13)7-14(18)17-12(8-15(19)20)9-2-3-9/h4-6,9,12H,2-3,7-8H2,1H3,(H,17,18)(H,19,20). The number of aliphatic carboxylic acids is 1. The zero-order valence-corrected chi connectivity index (χ0v) is 12.5. The normalized spacial score (nSPS) is 15.3. The van der Waals surface area contributed by atoms with Gasteiger partial charge in [0.25, 0.3) is 0 Å². The van der Waals surface area contributed by atoms with E-state index in [0.29, 0.717) is 16.3 Å². The second-order valence-electron chi connectivity index (χ2n) is 5.24. The van der Waals surface area contributed by atoms with E-state index in [0.717, 1.165) is 12.8 Å². The number of amides is 1. The number of rotatable bonds is 7. The Hall–Kier alpha value is -1.75. The highest BCUT2D eigenvalue weighted by Crippen LogP contribution is 2.34. The predicted octanol–water partition coefficient (Wildman–Crippen LogP) is 2.26. The third-order valence-electron chi connectivity index (χ3n) is 3.53. The quantitative estimate of drug-likeness (QED) is 0.810. The van der Waals surface area contributed by atoms with E-state index in [2.05, 4.69) is 5.32 Å². The molecule has 5 nitrogen and oxygen atoms in total. The maximum Gasteiger partial charge on any atom is 0.305 e. The Bertz CT molecular complexity index is 542. The predicted molar refractivity (Wildman–Crippen MR) is 78.6 cm³/mol. The van der Waals surface area contributed by atoms with E-state index in [9.17, 15) is 9.59 Å². The van der Waals surface area contributed by atoms with Crippen molar-refractivity contribution in [3.05, 3.63) is 28.8 Å². The lowest BCUT2D eigenvalue weighted by molar-refractivity contribution is -0.137. The molecule has 1 aromatic carbocycles. The lowest BCUT2D eigenvalue weighted by atomic mass is 10.1. The molecule has 0 heterocycles. The van der Waals surface area contributed by atoms with Crippen LogP contribution < -0.4 is 10.1 Å². The zero-order chi connectivity index (χ0) is 15.4. The van der Waals surface area contributed by atoms with Crippen molar-refractivity contribution in [2.24, 2.45) is 5.92 Å². The summed E-state index contributed by atoms with van der Waals surface area (Å²) in [6.45, 7) is 0. The van der Waals surface area contributed by atoms with Gasteiger partial charge in [-0.15, -0.1) is 0 Å². The summed E-state index contributed by atoms with van der Waals surface area (Å²) in [6, 6.07) is 4.79. The van der Waals surface area contributed by atoms with E-state index >= 15 is 0 Å². The molecule has 0 radical (unpaired) electrons. The first-order chi connectivity index (χ1) is 9.99. The monoisotopic (exact) mass is 311 g/mol. The third kappa shape index (κ3) is 4.63. The van der Waals surface area contributed by atoms with Gasteiger partial charge >= 0.3 is 5.97 Å². The number of nitrogens with one attached hydrogen (secondary N) is 1. The first kappa shape index (κ1) is 15.6. The number of carboxylic acids is 1. The molecular formula is C15H18ClNO4. The molecule has 1 aromatic rings. The van der Waals surface area contributed by atoms with E-state index in [4.69, 9.17) is 21.4 Å². The molecule has 0 bridgehead atoms. The van der Waals surface area contributed by atoms with Crippen LogP contribution in [0, 0.1) is 5.92 Å². The highest BCUT2D eigenvalue weighted by atomic mass is 35.5. The van der Waals surface area contributed by atoms with Crippen LogP contribution in [0.4, 0.5) is 0 Å². The summed E-state index contributed by atoms with van der Waals surface area (Å²) >= 11 is 5.93. The minimum Gasteiger partial charge on any atom is -0.496 e. The van der Waals surface area contributed by atoms with Gasteiger partial charge in [0.2, 0.25) is 5.91 Å². The average Bonchev–Trinajstić information content (AvgIpc) is 3.21. The van der Waals surface area contributed by atoms with Gasteiger partial charge in [0.15, 0.2) is 0 Å². The molecule has 1 aliphatic rings. The van der Waals surface area contributed by atoms with E-state index in [1.165, 1.54) is 7.11 Å². The van der Waals surface area contributed by atoms with Crippen LogP contribution in [0.25, 0.3) is 0 Å². The van der Waals surface area contributed by atoms with Crippen LogP contribution in [0.3, 0.4) is 0 Å². The van der Waals surface area contributed by atoms with Crippen molar-refractivity contribution in [1.29, 1.82) is 0 Å². The smallest absolute Gasteiger partial charge is 0.305 e. The zero-order valence-electron chi connectivity index (χ0n) is 11.8. The number of methoxy groups -OCH3 is 1. The number of halogens is 1. The molecule has 2 N–H and O–H groups in total. The molecule has 1 fully saturated rings. The highest BCUT2D eigenvalue weighted by molar-refractivity contribution is 6.30. The van der Waals surface area contributed by atoms with Gasteiger partial charge in [0.1, 0.15) is 5.75 Å². The molecule has 0 saturated heterocycles. The molecule has 21 heavy (non-hydrogen) atoms. The molecule has 2 rings (SSSR count). The van der Waals surface area contributed by atoms with Gasteiger partial charge in [-0.05, 0) is 37.0 Å². The lowest BCUT2D eigenvalue weighted by Gasteiger charge is -2.17. The van der Waals surface area contributed by atoms with Crippen LogP contribution in [0.2, 0.25) is 5.02 Å². The molecular weight excluding hydrogens is 294 g/mol. The van der Waals surface area contributed by atoms with E-state index in [1.54, 1.807) is 18.2 Å². The third-order valence-corrected chi connectivity index (χ3v) is 3.76. The molecule has 1 amide bonds. The first-order valence-electron chi connectivity index (χ1n) is 6.83. The van der Waals surface area contributed by atoms with Crippen molar-refractivity contribution in [1.82, 2.24) is 5.32 Å². The van der Waals surface area contributed by atoms with Crippen molar-refractivity contribution in [2.45, 2.75) is 31.7 Å². The number of carbonyl (C=O) groups is 2. The number of hydrogen-bond acceptors (Lipinski definition) is 3. The summed E-state index contributed by atoms with van der Waals surface area (Å²) in [7, 11) is 1.53. The molecule has 0 aliphatic heterocycles. The Morgan fingerprint density at radius 1 is 1.48 bits per heavy atom. The van der Waals surface area contributed by atoms with E-state index < -0.39 is 5.97 Å². The SMILES string of the molecule is COc1ccc(Cl)cc1CC(=O)NC(CC(=O)O)C1CC1. The average molecular weight is 312 g/mol.